The average molecular weight is 271 g/mol. The molecule has 3 rings (SSSR count). The molecule has 0 saturated heterocycles. The van der Waals surface area contributed by atoms with E-state index in [1.165, 1.54) is 0 Å². The number of halogens is 2. The summed E-state index contributed by atoms with van der Waals surface area (Å²) in [7, 11) is 0. The summed E-state index contributed by atoms with van der Waals surface area (Å²) in [5.41, 5.74) is 2.53. The van der Waals surface area contributed by atoms with Gasteiger partial charge in [0.1, 0.15) is 11.6 Å². The Bertz CT molecular complexity index is 711. The van der Waals surface area contributed by atoms with Crippen molar-refractivity contribution >= 4 is 5.91 Å². The second kappa shape index (κ2) is 4.89. The Kier molecular flexibility index (Phi) is 3.06. The molecule has 2 aliphatic rings. The summed E-state index contributed by atoms with van der Waals surface area (Å²) < 4.78 is 26.5. The number of hydrogen-bond donors (Lipinski definition) is 1. The second-order valence-corrected chi connectivity index (χ2v) is 4.56. The van der Waals surface area contributed by atoms with Gasteiger partial charge in [-0.1, -0.05) is 24.3 Å². The fourth-order valence-electron chi connectivity index (χ4n) is 2.24. The van der Waals surface area contributed by atoms with Crippen LogP contribution in [0.5, 0.6) is 0 Å². The summed E-state index contributed by atoms with van der Waals surface area (Å²) in [6, 6.07) is 3.18. The van der Waals surface area contributed by atoms with E-state index in [1.807, 2.05) is 24.3 Å². The Hall–Kier alpha value is -2.49. The molecule has 2 nitrogen and oxygen atoms in total. The smallest absolute Gasteiger partial charge is 0.252 e. The molecule has 0 unspecified atom stereocenters. The molecule has 20 heavy (non-hydrogen) atoms. The Morgan fingerprint density at radius 2 is 2.00 bits per heavy atom. The highest BCUT2D eigenvalue weighted by atomic mass is 19.1. The van der Waals surface area contributed by atoms with Crippen LogP contribution in [0.2, 0.25) is 0 Å². The van der Waals surface area contributed by atoms with Gasteiger partial charge in [-0.05, 0) is 35.4 Å². The SMILES string of the molecule is O=C(NCc1cc(F)ccc1F)C1=CC=C2C=CC=C21. The highest BCUT2D eigenvalue weighted by Crippen LogP contribution is 2.30. The summed E-state index contributed by atoms with van der Waals surface area (Å²) in [5.74, 6) is -1.36. The van der Waals surface area contributed by atoms with Crippen LogP contribution in [-0.2, 0) is 11.3 Å². The lowest BCUT2D eigenvalue weighted by Gasteiger charge is -2.08. The number of allylic oxidation sites excluding steroid dienone is 6. The van der Waals surface area contributed by atoms with Crippen molar-refractivity contribution < 1.29 is 13.6 Å². The van der Waals surface area contributed by atoms with E-state index in [9.17, 15) is 13.6 Å². The van der Waals surface area contributed by atoms with Gasteiger partial charge in [-0.25, -0.2) is 8.78 Å². The van der Waals surface area contributed by atoms with Crippen LogP contribution in [0.25, 0.3) is 0 Å². The molecule has 0 aliphatic heterocycles. The standard InChI is InChI=1S/C16H11F2NO/c17-12-5-7-15(18)11(8-12)9-19-16(20)14-6-4-10-2-1-3-13(10)14/h1-8H,9H2,(H,19,20). The minimum absolute atomic E-state index is 0.0458. The van der Waals surface area contributed by atoms with Gasteiger partial charge in [0.2, 0.25) is 0 Å². The molecule has 100 valence electrons. The first-order valence-corrected chi connectivity index (χ1v) is 6.18. The Morgan fingerprint density at radius 3 is 2.85 bits per heavy atom. The molecular weight excluding hydrogens is 260 g/mol. The lowest BCUT2D eigenvalue weighted by atomic mass is 10.1. The van der Waals surface area contributed by atoms with Crippen LogP contribution in [0.1, 0.15) is 5.56 Å². The summed E-state index contributed by atoms with van der Waals surface area (Å²) in [6.45, 7) is -0.0458. The number of fused-ring (bicyclic) bond motifs is 1. The number of rotatable bonds is 3. The molecule has 2 aliphatic carbocycles. The molecule has 4 heteroatoms. The molecule has 0 atom stereocenters. The quantitative estimate of drug-likeness (QED) is 0.899. The molecule has 1 aromatic carbocycles. The van der Waals surface area contributed by atoms with Gasteiger partial charge in [-0.15, -0.1) is 0 Å². The highest BCUT2D eigenvalue weighted by Gasteiger charge is 2.21. The third-order valence-electron chi connectivity index (χ3n) is 3.26. The minimum atomic E-state index is -0.535. The van der Waals surface area contributed by atoms with Crippen molar-refractivity contribution in [2.75, 3.05) is 0 Å². The van der Waals surface area contributed by atoms with Gasteiger partial charge in [-0.3, -0.25) is 4.79 Å². The first-order valence-electron chi connectivity index (χ1n) is 6.18. The topological polar surface area (TPSA) is 29.1 Å². The van der Waals surface area contributed by atoms with E-state index in [0.717, 1.165) is 29.3 Å². The second-order valence-electron chi connectivity index (χ2n) is 4.56. The van der Waals surface area contributed by atoms with Crippen molar-refractivity contribution in [1.82, 2.24) is 5.32 Å². The van der Waals surface area contributed by atoms with Crippen molar-refractivity contribution in [3.63, 3.8) is 0 Å². The summed E-state index contributed by atoms with van der Waals surface area (Å²) in [5, 5.41) is 2.61. The third-order valence-corrected chi connectivity index (χ3v) is 3.26. The van der Waals surface area contributed by atoms with Crippen LogP contribution in [0.3, 0.4) is 0 Å². The monoisotopic (exact) mass is 271 g/mol. The maximum absolute atomic E-state index is 13.4. The Morgan fingerprint density at radius 1 is 1.15 bits per heavy atom. The van der Waals surface area contributed by atoms with E-state index in [2.05, 4.69) is 5.32 Å². The van der Waals surface area contributed by atoms with Crippen molar-refractivity contribution in [1.29, 1.82) is 0 Å². The van der Waals surface area contributed by atoms with Gasteiger partial charge in [0.15, 0.2) is 0 Å². The van der Waals surface area contributed by atoms with Gasteiger partial charge in [-0.2, -0.15) is 0 Å². The zero-order valence-electron chi connectivity index (χ0n) is 10.5. The molecule has 1 aromatic rings. The van der Waals surface area contributed by atoms with E-state index in [1.54, 1.807) is 6.08 Å². The lowest BCUT2D eigenvalue weighted by molar-refractivity contribution is -0.117. The fourth-order valence-corrected chi connectivity index (χ4v) is 2.24. The predicted octanol–water partition coefficient (Wildman–Crippen LogP) is 2.94. The Balaban J connectivity index is 1.68. The molecule has 0 saturated carbocycles. The van der Waals surface area contributed by atoms with Crippen LogP contribution in [0, 0.1) is 11.6 Å². The van der Waals surface area contributed by atoms with E-state index >= 15 is 0 Å². The van der Waals surface area contributed by atoms with Crippen LogP contribution in [-0.4, -0.2) is 5.91 Å². The summed E-state index contributed by atoms with van der Waals surface area (Å²) >= 11 is 0. The largest absolute Gasteiger partial charge is 0.348 e. The van der Waals surface area contributed by atoms with Crippen molar-refractivity contribution in [3.8, 4) is 0 Å². The number of benzene rings is 1. The number of hydrogen-bond acceptors (Lipinski definition) is 1. The van der Waals surface area contributed by atoms with E-state index in [0.29, 0.717) is 5.57 Å². The third kappa shape index (κ3) is 2.20. The van der Waals surface area contributed by atoms with Gasteiger partial charge in [0, 0.05) is 17.7 Å². The molecule has 0 radical (unpaired) electrons. The molecule has 0 bridgehead atoms. The molecule has 1 amide bonds. The highest BCUT2D eigenvalue weighted by molar-refractivity contribution is 6.01. The van der Waals surface area contributed by atoms with Gasteiger partial charge in [0.05, 0.1) is 0 Å². The zero-order chi connectivity index (χ0) is 14.1. The minimum Gasteiger partial charge on any atom is -0.348 e. The Labute approximate surface area is 114 Å². The van der Waals surface area contributed by atoms with Crippen LogP contribution in [0.4, 0.5) is 8.78 Å². The summed E-state index contributed by atoms with van der Waals surface area (Å²) in [4.78, 5) is 12.1. The van der Waals surface area contributed by atoms with Gasteiger partial charge < -0.3 is 5.32 Å². The maximum atomic E-state index is 13.4. The first-order chi connectivity index (χ1) is 9.65. The predicted molar refractivity (Wildman–Crippen MR) is 71.6 cm³/mol. The van der Waals surface area contributed by atoms with E-state index in [4.69, 9.17) is 0 Å². The van der Waals surface area contributed by atoms with Gasteiger partial charge in [0.25, 0.3) is 5.91 Å². The van der Waals surface area contributed by atoms with Gasteiger partial charge >= 0.3 is 0 Å². The number of nitrogens with one attached hydrogen (secondary N) is 1. The van der Waals surface area contributed by atoms with Crippen LogP contribution < -0.4 is 5.32 Å². The molecular formula is C16H11F2NO. The number of carbonyl (C=O) groups excluding carboxylic acids is 1. The summed E-state index contributed by atoms with van der Waals surface area (Å²) in [6.07, 6.45) is 9.22. The number of carbonyl (C=O) groups is 1. The lowest BCUT2D eigenvalue weighted by Crippen LogP contribution is -2.25. The molecule has 0 heterocycles. The van der Waals surface area contributed by atoms with E-state index < -0.39 is 11.6 Å². The maximum Gasteiger partial charge on any atom is 0.252 e. The van der Waals surface area contributed by atoms with Crippen molar-refractivity contribution in [2.45, 2.75) is 6.54 Å². The van der Waals surface area contributed by atoms with Crippen LogP contribution in [0.15, 0.2) is 65.3 Å². The zero-order valence-corrected chi connectivity index (χ0v) is 10.5. The van der Waals surface area contributed by atoms with Crippen LogP contribution >= 0.6 is 0 Å². The molecule has 0 spiro atoms. The normalized spacial score (nSPS) is 15.6. The number of amides is 1. The average Bonchev–Trinajstić information content (AvgIpc) is 3.02. The van der Waals surface area contributed by atoms with Crippen molar-refractivity contribution in [3.05, 3.63) is 82.5 Å². The molecule has 1 N–H and O–H groups in total. The first kappa shape index (κ1) is 12.5. The molecule has 0 aromatic heterocycles. The van der Waals surface area contributed by atoms with Crippen molar-refractivity contribution in [2.24, 2.45) is 0 Å². The van der Waals surface area contributed by atoms with E-state index in [-0.39, 0.29) is 18.0 Å². The molecule has 0 fully saturated rings. The fraction of sp³-hybridized carbons (Fsp3) is 0.0625.